The molecule has 0 bridgehead atoms. The highest BCUT2D eigenvalue weighted by Gasteiger charge is 2.53. The first-order valence-corrected chi connectivity index (χ1v) is 6.19. The number of nitrogens with zero attached hydrogens (tertiary/aromatic N) is 1. The molecule has 2 atom stereocenters. The van der Waals surface area contributed by atoms with Crippen LogP contribution in [0.1, 0.15) is 41.6 Å². The topological polar surface area (TPSA) is 57.6 Å². The summed E-state index contributed by atoms with van der Waals surface area (Å²) in [6.45, 7) is 2.56. The lowest BCUT2D eigenvalue weighted by Crippen LogP contribution is -2.55. The summed E-state index contributed by atoms with van der Waals surface area (Å²) in [5.74, 6) is -1.48. The van der Waals surface area contributed by atoms with Crippen molar-refractivity contribution in [1.29, 1.82) is 0 Å². The molecule has 0 saturated carbocycles. The number of fused-ring (bicyclic) bond motifs is 2. The van der Waals surface area contributed by atoms with E-state index in [1.54, 1.807) is 29.2 Å². The second-order valence-corrected chi connectivity index (χ2v) is 5.28. The maximum atomic E-state index is 12.4. The van der Waals surface area contributed by atoms with E-state index >= 15 is 0 Å². The molecule has 0 spiro atoms. The van der Waals surface area contributed by atoms with E-state index in [9.17, 15) is 14.7 Å². The first-order chi connectivity index (χ1) is 8.55. The summed E-state index contributed by atoms with van der Waals surface area (Å²) in [6.07, 6.45) is 1.63. The maximum Gasteiger partial charge on any atom is 0.313 e. The molecule has 1 aromatic rings. The predicted molar refractivity (Wildman–Crippen MR) is 65.5 cm³/mol. The van der Waals surface area contributed by atoms with E-state index in [0.29, 0.717) is 17.7 Å². The van der Waals surface area contributed by atoms with Gasteiger partial charge in [-0.25, -0.2) is 0 Å². The molecular formula is C14H15NO3. The van der Waals surface area contributed by atoms with Gasteiger partial charge in [-0.3, -0.25) is 9.59 Å². The number of hydrogen-bond acceptors (Lipinski definition) is 2. The molecule has 1 fully saturated rings. The molecule has 2 aliphatic heterocycles. The van der Waals surface area contributed by atoms with Crippen molar-refractivity contribution < 1.29 is 14.7 Å². The van der Waals surface area contributed by atoms with E-state index in [-0.39, 0.29) is 5.91 Å². The molecule has 2 heterocycles. The van der Waals surface area contributed by atoms with Gasteiger partial charge in [-0.1, -0.05) is 18.2 Å². The zero-order valence-corrected chi connectivity index (χ0v) is 10.2. The van der Waals surface area contributed by atoms with E-state index in [2.05, 4.69) is 0 Å². The average Bonchev–Trinajstić information content (AvgIpc) is 2.71. The molecule has 3 rings (SSSR count). The summed E-state index contributed by atoms with van der Waals surface area (Å²) < 4.78 is 0. The first-order valence-electron chi connectivity index (χ1n) is 6.19. The summed E-state index contributed by atoms with van der Waals surface area (Å²) >= 11 is 0. The highest BCUT2D eigenvalue weighted by molar-refractivity contribution is 6.01. The second-order valence-electron chi connectivity index (χ2n) is 5.28. The molecule has 2 aliphatic rings. The summed E-state index contributed by atoms with van der Waals surface area (Å²) in [4.78, 5) is 25.8. The molecule has 0 aliphatic carbocycles. The van der Waals surface area contributed by atoms with Crippen molar-refractivity contribution in [1.82, 2.24) is 4.90 Å². The van der Waals surface area contributed by atoms with Gasteiger partial charge in [0.25, 0.3) is 5.91 Å². The van der Waals surface area contributed by atoms with Crippen LogP contribution in [0.2, 0.25) is 0 Å². The Morgan fingerprint density at radius 3 is 2.89 bits per heavy atom. The van der Waals surface area contributed by atoms with Crippen molar-refractivity contribution in [3.05, 3.63) is 35.4 Å². The van der Waals surface area contributed by atoms with Crippen LogP contribution in [0.4, 0.5) is 0 Å². The van der Waals surface area contributed by atoms with Gasteiger partial charge in [-0.05, 0) is 31.4 Å². The number of carbonyl (C=O) groups is 2. The number of rotatable bonds is 1. The van der Waals surface area contributed by atoms with Gasteiger partial charge in [0.15, 0.2) is 0 Å². The number of carboxylic acid groups (broad SMARTS) is 1. The minimum atomic E-state index is -0.843. The third-order valence-corrected chi connectivity index (χ3v) is 4.30. The molecule has 0 aromatic heterocycles. The minimum absolute atomic E-state index is 0.0249. The summed E-state index contributed by atoms with van der Waals surface area (Å²) in [5.41, 5.74) is 0.636. The van der Waals surface area contributed by atoms with Crippen LogP contribution in [0.15, 0.2) is 24.3 Å². The standard InChI is InChI=1S/C14H15NO3/c1-14-7-4-8-15(14)12(16)10-6-3-2-5-9(10)11(14)13(17)18/h2-3,5-6,11H,4,7-8H2,1H3,(H,17,18)/t11-,14+/m0/s1. The smallest absolute Gasteiger partial charge is 0.313 e. The van der Waals surface area contributed by atoms with Gasteiger partial charge in [-0.2, -0.15) is 0 Å². The van der Waals surface area contributed by atoms with E-state index in [4.69, 9.17) is 0 Å². The van der Waals surface area contributed by atoms with Crippen LogP contribution in [0.25, 0.3) is 0 Å². The number of carbonyl (C=O) groups excluding carboxylic acids is 1. The van der Waals surface area contributed by atoms with Crippen LogP contribution in [-0.2, 0) is 4.79 Å². The van der Waals surface area contributed by atoms with Crippen molar-refractivity contribution in [2.45, 2.75) is 31.2 Å². The molecule has 4 heteroatoms. The first kappa shape index (κ1) is 11.3. The molecule has 94 valence electrons. The summed E-state index contributed by atoms with van der Waals surface area (Å²) in [6, 6.07) is 7.09. The van der Waals surface area contributed by atoms with Crippen molar-refractivity contribution >= 4 is 11.9 Å². The molecule has 4 nitrogen and oxygen atoms in total. The Kier molecular flexibility index (Phi) is 2.24. The minimum Gasteiger partial charge on any atom is -0.481 e. The fraction of sp³-hybridized carbons (Fsp3) is 0.429. The fourth-order valence-corrected chi connectivity index (χ4v) is 3.44. The Hall–Kier alpha value is -1.84. The molecule has 0 unspecified atom stereocenters. The van der Waals surface area contributed by atoms with Gasteiger partial charge in [0.05, 0.1) is 5.54 Å². The Balaban J connectivity index is 2.25. The van der Waals surface area contributed by atoms with Crippen LogP contribution < -0.4 is 0 Å². The SMILES string of the molecule is C[C@]12CCCN1C(=O)c1ccccc1[C@H]2C(=O)O. The Bertz CT molecular complexity index is 540. The lowest BCUT2D eigenvalue weighted by Gasteiger charge is -2.44. The third-order valence-electron chi connectivity index (χ3n) is 4.30. The van der Waals surface area contributed by atoms with Crippen molar-refractivity contribution in [2.24, 2.45) is 0 Å². The van der Waals surface area contributed by atoms with Crippen LogP contribution in [0.3, 0.4) is 0 Å². The molecular weight excluding hydrogens is 230 g/mol. The lowest BCUT2D eigenvalue weighted by atomic mass is 9.74. The van der Waals surface area contributed by atoms with E-state index < -0.39 is 17.4 Å². The third kappa shape index (κ3) is 1.26. The van der Waals surface area contributed by atoms with Gasteiger partial charge < -0.3 is 10.0 Å². The van der Waals surface area contributed by atoms with Gasteiger partial charge in [0.2, 0.25) is 0 Å². The molecule has 1 aromatic carbocycles. The number of amides is 1. The quantitative estimate of drug-likeness (QED) is 0.821. The lowest BCUT2D eigenvalue weighted by molar-refractivity contribution is -0.142. The molecule has 0 radical (unpaired) electrons. The zero-order chi connectivity index (χ0) is 12.9. The highest BCUT2D eigenvalue weighted by atomic mass is 16.4. The van der Waals surface area contributed by atoms with E-state index in [1.807, 2.05) is 6.92 Å². The zero-order valence-electron chi connectivity index (χ0n) is 10.2. The van der Waals surface area contributed by atoms with Gasteiger partial charge >= 0.3 is 5.97 Å². The largest absolute Gasteiger partial charge is 0.481 e. The van der Waals surface area contributed by atoms with Crippen LogP contribution >= 0.6 is 0 Å². The van der Waals surface area contributed by atoms with Gasteiger partial charge in [-0.15, -0.1) is 0 Å². The summed E-state index contributed by atoms with van der Waals surface area (Å²) in [5, 5.41) is 9.55. The van der Waals surface area contributed by atoms with Crippen molar-refractivity contribution in [3.63, 3.8) is 0 Å². The number of benzene rings is 1. The molecule has 1 amide bonds. The van der Waals surface area contributed by atoms with Gasteiger partial charge in [0.1, 0.15) is 5.92 Å². The average molecular weight is 245 g/mol. The van der Waals surface area contributed by atoms with Gasteiger partial charge in [0, 0.05) is 12.1 Å². The highest BCUT2D eigenvalue weighted by Crippen LogP contribution is 2.46. The summed E-state index contributed by atoms with van der Waals surface area (Å²) in [7, 11) is 0. The predicted octanol–water partition coefficient (Wildman–Crippen LogP) is 1.86. The van der Waals surface area contributed by atoms with Crippen LogP contribution in [0.5, 0.6) is 0 Å². The monoisotopic (exact) mass is 245 g/mol. The number of hydrogen-bond donors (Lipinski definition) is 1. The fourth-order valence-electron chi connectivity index (χ4n) is 3.44. The van der Waals surface area contributed by atoms with Crippen molar-refractivity contribution in [3.8, 4) is 0 Å². The molecule has 1 N–H and O–H groups in total. The van der Waals surface area contributed by atoms with E-state index in [1.165, 1.54) is 0 Å². The van der Waals surface area contributed by atoms with Crippen molar-refractivity contribution in [2.75, 3.05) is 6.54 Å². The number of aliphatic carboxylic acids is 1. The Morgan fingerprint density at radius 2 is 2.17 bits per heavy atom. The molecule has 18 heavy (non-hydrogen) atoms. The number of carboxylic acids is 1. The Morgan fingerprint density at radius 1 is 1.44 bits per heavy atom. The Labute approximate surface area is 105 Å². The normalized spacial score (nSPS) is 29.9. The second kappa shape index (κ2) is 3.57. The van der Waals surface area contributed by atoms with E-state index in [0.717, 1.165) is 12.8 Å². The van der Waals surface area contributed by atoms with Crippen LogP contribution in [-0.4, -0.2) is 34.0 Å². The van der Waals surface area contributed by atoms with Crippen LogP contribution in [0, 0.1) is 0 Å². The molecule has 1 saturated heterocycles. The maximum absolute atomic E-state index is 12.4.